The van der Waals surface area contributed by atoms with Gasteiger partial charge in [-0.15, -0.1) is 0 Å². The van der Waals surface area contributed by atoms with Gasteiger partial charge in [0.2, 0.25) is 0 Å². The van der Waals surface area contributed by atoms with Gasteiger partial charge in [0.05, 0.1) is 0 Å². The van der Waals surface area contributed by atoms with E-state index in [1.54, 1.807) is 0 Å². The molecule has 0 aromatic rings. The van der Waals surface area contributed by atoms with Crippen molar-refractivity contribution in [2.75, 3.05) is 0 Å². The molecule has 2 atom stereocenters. The number of carbonyl (C=O) groups is 1. The van der Waals surface area contributed by atoms with Gasteiger partial charge in [0.25, 0.3) is 0 Å². The van der Waals surface area contributed by atoms with Crippen LogP contribution in [0.3, 0.4) is 0 Å². The molecular weight excluding hydrogens is 267 g/mol. The van der Waals surface area contributed by atoms with Gasteiger partial charge in [-0.25, -0.2) is 0 Å². The van der Waals surface area contributed by atoms with Crippen LogP contribution in [0.1, 0.15) is 26.7 Å². The molecule has 0 amide bonds. The summed E-state index contributed by atoms with van der Waals surface area (Å²) in [4.78, 5) is 10.3. The highest BCUT2D eigenvalue weighted by atomic mass is 127. The van der Waals surface area contributed by atoms with Crippen LogP contribution in [-0.2, 0) is 4.79 Å². The number of rotatable bonds is 5. The third-order valence-corrected chi connectivity index (χ3v) is 2.11. The molecule has 0 bridgehead atoms. The van der Waals surface area contributed by atoms with E-state index in [4.69, 9.17) is 5.11 Å². The van der Waals surface area contributed by atoms with Crippen LogP contribution in [0.25, 0.3) is 0 Å². The first-order valence-electron chi connectivity index (χ1n) is 4.05. The molecule has 0 saturated carbocycles. The van der Waals surface area contributed by atoms with Crippen molar-refractivity contribution in [1.82, 2.24) is 0 Å². The Hall–Kier alpha value is -0.0600. The lowest BCUT2D eigenvalue weighted by Gasteiger charge is -2.11. The van der Waals surface area contributed by atoms with Crippen LogP contribution in [0.5, 0.6) is 0 Å². The fourth-order valence-electron chi connectivity index (χ4n) is 1.22. The van der Waals surface area contributed by atoms with Crippen LogP contribution in [0.15, 0.2) is 10.2 Å². The Balaban J connectivity index is 3.67. The quantitative estimate of drug-likeness (QED) is 0.787. The second-order valence-corrected chi connectivity index (χ2v) is 3.95. The van der Waals surface area contributed by atoms with Gasteiger partial charge in [0.1, 0.15) is 0 Å². The Morgan fingerprint density at radius 3 is 2.58 bits per heavy atom. The van der Waals surface area contributed by atoms with Crippen LogP contribution in [0.4, 0.5) is 0 Å². The van der Waals surface area contributed by atoms with Crippen molar-refractivity contribution in [2.24, 2.45) is 11.8 Å². The number of aliphatic carboxylic acids is 1. The van der Waals surface area contributed by atoms with Crippen molar-refractivity contribution >= 4 is 28.6 Å². The summed E-state index contributed by atoms with van der Waals surface area (Å²) in [6.07, 6.45) is 3.32. The second kappa shape index (κ2) is 6.46. The van der Waals surface area contributed by atoms with E-state index in [-0.39, 0.29) is 12.3 Å². The SMILES string of the molecule is C[C@@H](CC(=O)O)C[C@H](C)/C=C/I. The average molecular weight is 282 g/mol. The van der Waals surface area contributed by atoms with E-state index in [1.165, 1.54) is 0 Å². The molecule has 0 rings (SSSR count). The fourth-order valence-corrected chi connectivity index (χ4v) is 1.93. The monoisotopic (exact) mass is 282 g/mol. The van der Waals surface area contributed by atoms with Gasteiger partial charge in [0, 0.05) is 6.42 Å². The molecule has 0 heterocycles. The Kier molecular flexibility index (Phi) is 6.42. The highest BCUT2D eigenvalue weighted by molar-refractivity contribution is 14.1. The summed E-state index contributed by atoms with van der Waals surface area (Å²) in [5.41, 5.74) is 0. The Labute approximate surface area is 87.2 Å². The highest BCUT2D eigenvalue weighted by Crippen LogP contribution is 2.16. The van der Waals surface area contributed by atoms with Crippen molar-refractivity contribution < 1.29 is 9.90 Å². The van der Waals surface area contributed by atoms with E-state index in [0.29, 0.717) is 5.92 Å². The molecule has 3 heteroatoms. The highest BCUT2D eigenvalue weighted by Gasteiger charge is 2.09. The van der Waals surface area contributed by atoms with Gasteiger partial charge >= 0.3 is 5.97 Å². The maximum absolute atomic E-state index is 10.3. The molecule has 70 valence electrons. The van der Waals surface area contributed by atoms with E-state index >= 15 is 0 Å². The fraction of sp³-hybridized carbons (Fsp3) is 0.667. The molecule has 0 aliphatic heterocycles. The third-order valence-electron chi connectivity index (χ3n) is 1.70. The molecule has 0 fully saturated rings. The molecule has 0 radical (unpaired) electrons. The molecule has 0 aromatic carbocycles. The first kappa shape index (κ1) is 11.9. The van der Waals surface area contributed by atoms with Crippen molar-refractivity contribution in [3.05, 3.63) is 10.2 Å². The van der Waals surface area contributed by atoms with Crippen LogP contribution in [0, 0.1) is 11.8 Å². The minimum absolute atomic E-state index is 0.269. The lowest BCUT2D eigenvalue weighted by atomic mass is 9.95. The standard InChI is InChI=1S/C9H15IO2/c1-7(3-4-10)5-8(2)6-9(11)12/h3-4,7-8H,5-6H2,1-2H3,(H,11,12)/b4-3+/t7-,8-/m1/s1. The zero-order chi connectivity index (χ0) is 9.56. The minimum Gasteiger partial charge on any atom is -0.481 e. The summed E-state index contributed by atoms with van der Waals surface area (Å²) in [5.74, 6) is 0.0505. The van der Waals surface area contributed by atoms with Crippen molar-refractivity contribution in [2.45, 2.75) is 26.7 Å². The first-order chi connectivity index (χ1) is 5.56. The molecule has 0 aliphatic rings. The van der Waals surface area contributed by atoms with Gasteiger partial charge in [0.15, 0.2) is 0 Å². The van der Waals surface area contributed by atoms with Gasteiger partial charge in [-0.1, -0.05) is 42.5 Å². The topological polar surface area (TPSA) is 37.3 Å². The van der Waals surface area contributed by atoms with Crippen molar-refractivity contribution in [3.63, 3.8) is 0 Å². The molecule has 0 aliphatic carbocycles. The predicted octanol–water partition coefficient (Wildman–Crippen LogP) is 3.07. The smallest absolute Gasteiger partial charge is 0.303 e. The Morgan fingerprint density at radius 2 is 2.17 bits per heavy atom. The van der Waals surface area contributed by atoms with Crippen LogP contribution >= 0.6 is 22.6 Å². The lowest BCUT2D eigenvalue weighted by molar-refractivity contribution is -0.138. The summed E-state index contributed by atoms with van der Waals surface area (Å²) < 4.78 is 1.98. The van der Waals surface area contributed by atoms with E-state index in [1.807, 2.05) is 11.0 Å². The van der Waals surface area contributed by atoms with Crippen molar-refractivity contribution in [1.29, 1.82) is 0 Å². The molecule has 0 aromatic heterocycles. The zero-order valence-electron chi connectivity index (χ0n) is 7.46. The van der Waals surface area contributed by atoms with Crippen LogP contribution in [-0.4, -0.2) is 11.1 Å². The predicted molar refractivity (Wildman–Crippen MR) is 58.4 cm³/mol. The van der Waals surface area contributed by atoms with E-state index < -0.39 is 5.97 Å². The largest absolute Gasteiger partial charge is 0.481 e. The molecule has 0 spiro atoms. The minimum atomic E-state index is -0.701. The van der Waals surface area contributed by atoms with E-state index in [0.717, 1.165) is 6.42 Å². The summed E-state index contributed by atoms with van der Waals surface area (Å²) >= 11 is 2.18. The molecule has 2 nitrogen and oxygen atoms in total. The number of hydrogen-bond donors (Lipinski definition) is 1. The molecule has 0 saturated heterocycles. The summed E-state index contributed by atoms with van der Waals surface area (Å²) in [6.45, 7) is 4.08. The summed E-state index contributed by atoms with van der Waals surface area (Å²) in [5, 5.41) is 8.51. The molecule has 1 N–H and O–H groups in total. The van der Waals surface area contributed by atoms with Gasteiger partial charge in [-0.3, -0.25) is 4.79 Å². The van der Waals surface area contributed by atoms with E-state index in [2.05, 4.69) is 35.6 Å². The Bertz CT molecular complexity index is 166. The number of carboxylic acids is 1. The molecular formula is C9H15IO2. The van der Waals surface area contributed by atoms with Crippen molar-refractivity contribution in [3.8, 4) is 0 Å². The van der Waals surface area contributed by atoms with Gasteiger partial charge < -0.3 is 5.11 Å². The Morgan fingerprint density at radius 1 is 1.58 bits per heavy atom. The zero-order valence-corrected chi connectivity index (χ0v) is 9.61. The maximum atomic E-state index is 10.3. The van der Waals surface area contributed by atoms with E-state index in [9.17, 15) is 4.79 Å². The average Bonchev–Trinajstić information content (AvgIpc) is 1.84. The van der Waals surface area contributed by atoms with Gasteiger partial charge in [-0.05, 0) is 22.3 Å². The second-order valence-electron chi connectivity index (χ2n) is 3.23. The number of carboxylic acid groups (broad SMARTS) is 1. The number of allylic oxidation sites excluding steroid dienone is 1. The maximum Gasteiger partial charge on any atom is 0.303 e. The summed E-state index contributed by atoms with van der Waals surface area (Å²) in [7, 11) is 0. The lowest BCUT2D eigenvalue weighted by Crippen LogP contribution is -2.07. The number of hydrogen-bond acceptors (Lipinski definition) is 1. The number of halogens is 1. The normalized spacial score (nSPS) is 16.2. The third kappa shape index (κ3) is 6.64. The van der Waals surface area contributed by atoms with Crippen LogP contribution in [0.2, 0.25) is 0 Å². The molecule has 12 heavy (non-hydrogen) atoms. The molecule has 0 unspecified atom stereocenters. The summed E-state index contributed by atoms with van der Waals surface area (Å²) in [6, 6.07) is 0. The first-order valence-corrected chi connectivity index (χ1v) is 5.29. The van der Waals surface area contributed by atoms with Gasteiger partial charge in [-0.2, -0.15) is 0 Å². The van der Waals surface area contributed by atoms with Crippen LogP contribution < -0.4 is 0 Å².